The van der Waals surface area contributed by atoms with Crippen LogP contribution in [0.25, 0.3) is 11.0 Å². The third-order valence-corrected chi connectivity index (χ3v) is 3.73. The van der Waals surface area contributed by atoms with Crippen LogP contribution in [0, 0.1) is 20.8 Å². The van der Waals surface area contributed by atoms with E-state index in [-0.39, 0.29) is 18.0 Å². The normalized spacial score (nSPS) is 10.8. The number of carbonyl (C=O) groups excluding carboxylic acids is 2. The first-order valence-corrected chi connectivity index (χ1v) is 7.05. The largest absolute Gasteiger partial charge is 0.462 e. The van der Waals surface area contributed by atoms with E-state index in [1.807, 2.05) is 0 Å². The molecule has 0 saturated heterocycles. The van der Waals surface area contributed by atoms with Gasteiger partial charge in [0, 0.05) is 5.39 Å². The van der Waals surface area contributed by atoms with Gasteiger partial charge < -0.3 is 9.15 Å². The Labute approximate surface area is 127 Å². The molecule has 116 valence electrons. The molecule has 2 rings (SSSR count). The van der Waals surface area contributed by atoms with E-state index < -0.39 is 11.6 Å². The average Bonchev–Trinajstić information content (AvgIpc) is 2.37. The molecule has 1 aromatic carbocycles. The van der Waals surface area contributed by atoms with Crippen molar-refractivity contribution in [3.05, 3.63) is 44.3 Å². The fourth-order valence-electron chi connectivity index (χ4n) is 2.85. The molecule has 1 aromatic heterocycles. The van der Waals surface area contributed by atoms with Gasteiger partial charge in [-0.1, -0.05) is 0 Å². The highest BCUT2D eigenvalue weighted by molar-refractivity contribution is 6.03. The Bertz CT molecular complexity index is 842. The molecule has 0 amide bonds. The SMILES string of the molecule is CCOC(=O)c1c(C)cc2oc(=O)c(C(C)=O)c(C)c2c1C. The molecular weight excluding hydrogens is 284 g/mol. The fraction of sp³-hybridized carbons (Fsp3) is 0.353. The number of benzene rings is 1. The van der Waals surface area contributed by atoms with Gasteiger partial charge in [-0.25, -0.2) is 9.59 Å². The van der Waals surface area contributed by atoms with Crippen LogP contribution in [0.3, 0.4) is 0 Å². The van der Waals surface area contributed by atoms with E-state index in [0.717, 1.165) is 0 Å². The molecule has 1 heterocycles. The minimum absolute atomic E-state index is 0.0225. The van der Waals surface area contributed by atoms with Gasteiger partial charge in [-0.05, 0) is 57.4 Å². The Kier molecular flexibility index (Phi) is 4.17. The molecule has 5 nitrogen and oxygen atoms in total. The minimum atomic E-state index is -0.653. The first-order chi connectivity index (χ1) is 10.3. The van der Waals surface area contributed by atoms with Gasteiger partial charge in [0.15, 0.2) is 5.78 Å². The number of rotatable bonds is 3. The summed E-state index contributed by atoms with van der Waals surface area (Å²) in [6.07, 6.45) is 0. The van der Waals surface area contributed by atoms with Crippen LogP contribution in [0.2, 0.25) is 0 Å². The third kappa shape index (κ3) is 2.43. The summed E-state index contributed by atoms with van der Waals surface area (Å²) in [6, 6.07) is 1.63. The number of fused-ring (bicyclic) bond motifs is 1. The number of esters is 1. The quantitative estimate of drug-likeness (QED) is 0.495. The van der Waals surface area contributed by atoms with Crippen LogP contribution in [0.15, 0.2) is 15.3 Å². The summed E-state index contributed by atoms with van der Waals surface area (Å²) in [5, 5.41) is 0.610. The minimum Gasteiger partial charge on any atom is -0.462 e. The zero-order chi connectivity index (χ0) is 16.6. The van der Waals surface area contributed by atoms with Gasteiger partial charge >= 0.3 is 11.6 Å². The van der Waals surface area contributed by atoms with E-state index in [9.17, 15) is 14.4 Å². The van der Waals surface area contributed by atoms with Crippen LogP contribution in [0.5, 0.6) is 0 Å². The number of aryl methyl sites for hydroxylation is 3. The van der Waals surface area contributed by atoms with Crippen LogP contribution in [0.1, 0.15) is 51.3 Å². The van der Waals surface area contributed by atoms with Crippen molar-refractivity contribution in [3.63, 3.8) is 0 Å². The van der Waals surface area contributed by atoms with Crippen molar-refractivity contribution < 1.29 is 18.7 Å². The summed E-state index contributed by atoms with van der Waals surface area (Å²) in [7, 11) is 0. The first-order valence-electron chi connectivity index (χ1n) is 7.05. The highest BCUT2D eigenvalue weighted by Gasteiger charge is 2.22. The predicted octanol–water partition coefficient (Wildman–Crippen LogP) is 3.10. The summed E-state index contributed by atoms with van der Waals surface area (Å²) >= 11 is 0. The van der Waals surface area contributed by atoms with E-state index in [2.05, 4.69) is 0 Å². The van der Waals surface area contributed by atoms with Crippen LogP contribution in [-0.4, -0.2) is 18.4 Å². The lowest BCUT2D eigenvalue weighted by atomic mass is 9.94. The maximum Gasteiger partial charge on any atom is 0.347 e. The third-order valence-electron chi connectivity index (χ3n) is 3.73. The maximum absolute atomic E-state index is 12.1. The molecule has 0 saturated carbocycles. The fourth-order valence-corrected chi connectivity index (χ4v) is 2.85. The molecule has 22 heavy (non-hydrogen) atoms. The van der Waals surface area contributed by atoms with Gasteiger partial charge in [0.05, 0.1) is 12.2 Å². The second-order valence-electron chi connectivity index (χ2n) is 5.23. The second-order valence-corrected chi connectivity index (χ2v) is 5.23. The first kappa shape index (κ1) is 15.9. The van der Waals surface area contributed by atoms with Gasteiger partial charge in [0.2, 0.25) is 0 Å². The van der Waals surface area contributed by atoms with Gasteiger partial charge in [0.25, 0.3) is 0 Å². The second kappa shape index (κ2) is 5.75. The van der Waals surface area contributed by atoms with E-state index in [4.69, 9.17) is 9.15 Å². The summed E-state index contributed by atoms with van der Waals surface area (Å²) in [6.45, 7) is 8.54. The molecule has 0 spiro atoms. The van der Waals surface area contributed by atoms with E-state index >= 15 is 0 Å². The number of ether oxygens (including phenoxy) is 1. The molecule has 0 bridgehead atoms. The zero-order valence-electron chi connectivity index (χ0n) is 13.3. The Morgan fingerprint density at radius 1 is 1.14 bits per heavy atom. The van der Waals surface area contributed by atoms with Gasteiger partial charge in [-0.2, -0.15) is 0 Å². The molecule has 0 aliphatic carbocycles. The molecule has 0 fully saturated rings. The smallest absolute Gasteiger partial charge is 0.347 e. The molecular formula is C17H18O5. The molecule has 0 radical (unpaired) electrons. The molecule has 0 unspecified atom stereocenters. The topological polar surface area (TPSA) is 73.6 Å². The van der Waals surface area contributed by atoms with Crippen LogP contribution < -0.4 is 5.63 Å². The van der Waals surface area contributed by atoms with Crippen molar-refractivity contribution in [1.29, 1.82) is 0 Å². The van der Waals surface area contributed by atoms with Crippen LogP contribution >= 0.6 is 0 Å². The van der Waals surface area contributed by atoms with Crippen molar-refractivity contribution in [2.24, 2.45) is 0 Å². The van der Waals surface area contributed by atoms with Gasteiger partial charge in [0.1, 0.15) is 11.1 Å². The lowest BCUT2D eigenvalue weighted by molar-refractivity contribution is 0.0525. The Morgan fingerprint density at radius 2 is 1.73 bits per heavy atom. The molecule has 0 N–H and O–H groups in total. The number of hydrogen-bond acceptors (Lipinski definition) is 5. The molecule has 2 aromatic rings. The summed E-state index contributed by atoms with van der Waals surface area (Å²) in [5.41, 5.74) is 2.03. The Hall–Kier alpha value is -2.43. The van der Waals surface area contributed by atoms with E-state index in [1.54, 1.807) is 33.8 Å². The van der Waals surface area contributed by atoms with Crippen molar-refractivity contribution in [1.82, 2.24) is 0 Å². The van der Waals surface area contributed by atoms with E-state index in [0.29, 0.717) is 33.2 Å². The highest BCUT2D eigenvalue weighted by Crippen LogP contribution is 2.29. The summed E-state index contributed by atoms with van der Waals surface area (Å²) in [4.78, 5) is 35.8. The standard InChI is InChI=1S/C17H18O5/c1-6-21-16(19)13-8(2)7-12-14(9(13)3)10(4)15(11(5)18)17(20)22-12/h7H,6H2,1-5H3. The lowest BCUT2D eigenvalue weighted by Gasteiger charge is -2.14. The number of hydrogen-bond donors (Lipinski definition) is 0. The maximum atomic E-state index is 12.1. The predicted molar refractivity (Wildman–Crippen MR) is 82.7 cm³/mol. The van der Waals surface area contributed by atoms with Crippen molar-refractivity contribution in [2.75, 3.05) is 6.61 Å². The number of carbonyl (C=O) groups is 2. The molecule has 5 heteroatoms. The molecule has 0 aliphatic heterocycles. The number of ketones is 1. The van der Waals surface area contributed by atoms with Crippen molar-refractivity contribution in [3.8, 4) is 0 Å². The molecule has 0 aliphatic rings. The summed E-state index contributed by atoms with van der Waals surface area (Å²) < 4.78 is 10.3. The lowest BCUT2D eigenvalue weighted by Crippen LogP contribution is -2.16. The Morgan fingerprint density at radius 3 is 2.27 bits per heavy atom. The molecule has 0 atom stereocenters. The van der Waals surface area contributed by atoms with Gasteiger partial charge in [-0.3, -0.25) is 4.79 Å². The van der Waals surface area contributed by atoms with Crippen LogP contribution in [0.4, 0.5) is 0 Å². The van der Waals surface area contributed by atoms with Crippen LogP contribution in [-0.2, 0) is 4.74 Å². The zero-order valence-corrected chi connectivity index (χ0v) is 13.3. The number of Topliss-reactive ketones (excluding diaryl/α,β-unsaturated/α-hetero) is 1. The highest BCUT2D eigenvalue weighted by atomic mass is 16.5. The average molecular weight is 302 g/mol. The van der Waals surface area contributed by atoms with Gasteiger partial charge in [-0.15, -0.1) is 0 Å². The Balaban J connectivity index is 2.92. The van der Waals surface area contributed by atoms with E-state index in [1.165, 1.54) is 6.92 Å². The summed E-state index contributed by atoms with van der Waals surface area (Å²) in [5.74, 6) is -0.778. The van der Waals surface area contributed by atoms with Crippen molar-refractivity contribution >= 4 is 22.7 Å². The monoisotopic (exact) mass is 302 g/mol. The van der Waals surface area contributed by atoms with Crippen molar-refractivity contribution in [2.45, 2.75) is 34.6 Å².